The number of hydrogen-bond acceptors (Lipinski definition) is 1. The Bertz CT molecular complexity index is 500. The summed E-state index contributed by atoms with van der Waals surface area (Å²) in [5, 5.41) is 5.94. The molecule has 0 aliphatic heterocycles. The average Bonchev–Trinajstić information content (AvgIpc) is 2.58. The van der Waals surface area contributed by atoms with E-state index in [1.807, 2.05) is 17.8 Å². The second-order valence-corrected chi connectivity index (χ2v) is 4.73. The zero-order chi connectivity index (χ0) is 11.7. The molecule has 0 saturated carbocycles. The molecule has 0 unspecified atom stereocenters. The molecular formula is C12H12BrClN2. The predicted octanol–water partition coefficient (Wildman–Crippen LogP) is 4.04. The number of aromatic nitrogens is 2. The molecule has 0 atom stereocenters. The molecule has 2 rings (SSSR count). The molecule has 84 valence electrons. The van der Waals surface area contributed by atoms with E-state index in [0.29, 0.717) is 5.02 Å². The van der Waals surface area contributed by atoms with E-state index in [0.717, 1.165) is 16.7 Å². The van der Waals surface area contributed by atoms with E-state index in [1.165, 1.54) is 11.1 Å². The van der Waals surface area contributed by atoms with Crippen LogP contribution in [0.1, 0.15) is 16.8 Å². The van der Waals surface area contributed by atoms with Gasteiger partial charge < -0.3 is 0 Å². The highest BCUT2D eigenvalue weighted by atomic mass is 79.9. The average molecular weight is 300 g/mol. The fourth-order valence-electron chi connectivity index (χ4n) is 1.62. The maximum Gasteiger partial charge on any atom is 0.0819 e. The first-order valence-corrected chi connectivity index (χ1v) is 6.49. The molecule has 2 aromatic rings. The van der Waals surface area contributed by atoms with Crippen molar-refractivity contribution >= 4 is 27.5 Å². The summed E-state index contributed by atoms with van der Waals surface area (Å²) in [7, 11) is 0. The van der Waals surface area contributed by atoms with Crippen LogP contribution in [0.25, 0.3) is 5.69 Å². The van der Waals surface area contributed by atoms with Gasteiger partial charge in [0.2, 0.25) is 0 Å². The monoisotopic (exact) mass is 298 g/mol. The number of aryl methyl sites for hydroxylation is 2. The summed E-state index contributed by atoms with van der Waals surface area (Å²) in [6, 6.07) is 6.30. The van der Waals surface area contributed by atoms with E-state index in [4.69, 9.17) is 11.6 Å². The number of halogens is 2. The van der Waals surface area contributed by atoms with Crippen LogP contribution < -0.4 is 0 Å². The first kappa shape index (κ1) is 11.7. The lowest BCUT2D eigenvalue weighted by Crippen LogP contribution is -1.98. The molecule has 1 aromatic carbocycles. The lowest BCUT2D eigenvalue weighted by molar-refractivity contribution is 0.855. The highest BCUT2D eigenvalue weighted by molar-refractivity contribution is 9.08. The van der Waals surface area contributed by atoms with Gasteiger partial charge in [0.15, 0.2) is 0 Å². The smallest absolute Gasteiger partial charge is 0.0819 e. The first-order valence-electron chi connectivity index (χ1n) is 4.99. The second-order valence-electron chi connectivity index (χ2n) is 3.76. The third-order valence-corrected chi connectivity index (χ3v) is 3.52. The van der Waals surface area contributed by atoms with Gasteiger partial charge in [0.05, 0.1) is 16.4 Å². The molecule has 0 N–H and O–H groups in total. The van der Waals surface area contributed by atoms with Gasteiger partial charge in [0.1, 0.15) is 0 Å². The largest absolute Gasteiger partial charge is 0.239 e. The Hall–Kier alpha value is -0.800. The Kier molecular flexibility index (Phi) is 3.36. The predicted molar refractivity (Wildman–Crippen MR) is 70.7 cm³/mol. The maximum atomic E-state index is 6.00. The van der Waals surface area contributed by atoms with Crippen molar-refractivity contribution in [1.82, 2.24) is 9.78 Å². The van der Waals surface area contributed by atoms with Gasteiger partial charge in [-0.05, 0) is 31.0 Å². The number of rotatable bonds is 2. The molecule has 0 spiro atoms. The zero-order valence-electron chi connectivity index (χ0n) is 9.17. The van der Waals surface area contributed by atoms with Crippen LogP contribution in [-0.2, 0) is 5.33 Å². The van der Waals surface area contributed by atoms with E-state index in [1.54, 1.807) is 0 Å². The third-order valence-electron chi connectivity index (χ3n) is 2.50. The maximum absolute atomic E-state index is 6.00. The third kappa shape index (κ3) is 2.15. The van der Waals surface area contributed by atoms with Crippen molar-refractivity contribution in [2.45, 2.75) is 19.2 Å². The topological polar surface area (TPSA) is 17.8 Å². The van der Waals surface area contributed by atoms with Crippen molar-refractivity contribution in [1.29, 1.82) is 0 Å². The minimum Gasteiger partial charge on any atom is -0.239 e. The van der Waals surface area contributed by atoms with Gasteiger partial charge in [-0.25, -0.2) is 4.68 Å². The molecule has 16 heavy (non-hydrogen) atoms. The minimum atomic E-state index is 0.698. The SMILES string of the molecule is Cc1cc(CBr)ccc1-n1cc(Cl)c(C)n1. The van der Waals surface area contributed by atoms with Crippen LogP contribution in [0.3, 0.4) is 0 Å². The lowest BCUT2D eigenvalue weighted by Gasteiger charge is -2.07. The summed E-state index contributed by atoms with van der Waals surface area (Å²) < 4.78 is 1.82. The zero-order valence-corrected chi connectivity index (χ0v) is 11.5. The summed E-state index contributed by atoms with van der Waals surface area (Å²) >= 11 is 9.44. The van der Waals surface area contributed by atoms with Crippen molar-refractivity contribution in [2.75, 3.05) is 0 Å². The Morgan fingerprint density at radius 2 is 2.12 bits per heavy atom. The molecule has 4 heteroatoms. The molecule has 0 radical (unpaired) electrons. The van der Waals surface area contributed by atoms with Gasteiger partial charge in [-0.15, -0.1) is 0 Å². The summed E-state index contributed by atoms with van der Waals surface area (Å²) in [6.07, 6.45) is 1.84. The van der Waals surface area contributed by atoms with Crippen LogP contribution in [-0.4, -0.2) is 9.78 Å². The Morgan fingerprint density at radius 3 is 2.62 bits per heavy atom. The molecule has 0 aliphatic carbocycles. The molecule has 2 nitrogen and oxygen atoms in total. The fraction of sp³-hybridized carbons (Fsp3) is 0.250. The number of alkyl halides is 1. The van der Waals surface area contributed by atoms with Crippen LogP contribution in [0.4, 0.5) is 0 Å². The molecule has 0 fully saturated rings. The van der Waals surface area contributed by atoms with Crippen LogP contribution in [0.5, 0.6) is 0 Å². The van der Waals surface area contributed by atoms with Crippen LogP contribution in [0, 0.1) is 13.8 Å². The van der Waals surface area contributed by atoms with E-state index in [-0.39, 0.29) is 0 Å². The van der Waals surface area contributed by atoms with E-state index in [2.05, 4.69) is 46.2 Å². The standard InChI is InChI=1S/C12H12BrClN2/c1-8-5-10(6-13)3-4-12(8)16-7-11(14)9(2)15-16/h3-5,7H,6H2,1-2H3. The van der Waals surface area contributed by atoms with Crippen molar-refractivity contribution < 1.29 is 0 Å². The van der Waals surface area contributed by atoms with Crippen molar-refractivity contribution in [3.63, 3.8) is 0 Å². The molecule has 1 aromatic heterocycles. The quantitative estimate of drug-likeness (QED) is 0.765. The highest BCUT2D eigenvalue weighted by Gasteiger charge is 2.06. The first-order chi connectivity index (χ1) is 7.61. The van der Waals surface area contributed by atoms with Crippen LogP contribution in [0.2, 0.25) is 5.02 Å². The van der Waals surface area contributed by atoms with Crippen LogP contribution in [0.15, 0.2) is 24.4 Å². The lowest BCUT2D eigenvalue weighted by atomic mass is 10.1. The molecule has 0 amide bonds. The van der Waals surface area contributed by atoms with Gasteiger partial charge in [-0.3, -0.25) is 0 Å². The Morgan fingerprint density at radius 1 is 1.38 bits per heavy atom. The summed E-state index contributed by atoms with van der Waals surface area (Å²) in [4.78, 5) is 0. The Balaban J connectivity index is 2.48. The van der Waals surface area contributed by atoms with Crippen molar-refractivity contribution in [2.24, 2.45) is 0 Å². The van der Waals surface area contributed by atoms with Gasteiger partial charge in [-0.2, -0.15) is 5.10 Å². The Labute approximate surface area is 108 Å². The second kappa shape index (κ2) is 4.60. The molecule has 0 aliphatic rings. The number of benzene rings is 1. The molecular weight excluding hydrogens is 288 g/mol. The van der Waals surface area contributed by atoms with Crippen molar-refractivity contribution in [3.8, 4) is 5.69 Å². The number of nitrogens with zero attached hydrogens (tertiary/aromatic N) is 2. The number of hydrogen-bond donors (Lipinski definition) is 0. The van der Waals surface area contributed by atoms with Crippen LogP contribution >= 0.6 is 27.5 Å². The van der Waals surface area contributed by atoms with Gasteiger partial charge in [0, 0.05) is 11.5 Å². The minimum absolute atomic E-state index is 0.698. The summed E-state index contributed by atoms with van der Waals surface area (Å²) in [5.74, 6) is 0. The van der Waals surface area contributed by atoms with E-state index in [9.17, 15) is 0 Å². The summed E-state index contributed by atoms with van der Waals surface area (Å²) in [5.41, 5.74) is 4.37. The molecule has 1 heterocycles. The normalized spacial score (nSPS) is 10.8. The van der Waals surface area contributed by atoms with Gasteiger partial charge >= 0.3 is 0 Å². The van der Waals surface area contributed by atoms with E-state index >= 15 is 0 Å². The van der Waals surface area contributed by atoms with Crippen molar-refractivity contribution in [3.05, 3.63) is 46.2 Å². The summed E-state index contributed by atoms with van der Waals surface area (Å²) in [6.45, 7) is 3.98. The molecule has 0 saturated heterocycles. The van der Waals surface area contributed by atoms with E-state index < -0.39 is 0 Å². The fourth-order valence-corrected chi connectivity index (χ4v) is 2.10. The van der Waals surface area contributed by atoms with Gasteiger partial charge in [-0.1, -0.05) is 39.7 Å². The molecule has 0 bridgehead atoms. The highest BCUT2D eigenvalue weighted by Crippen LogP contribution is 2.20. The van der Waals surface area contributed by atoms with Gasteiger partial charge in [0.25, 0.3) is 0 Å².